The van der Waals surface area contributed by atoms with Gasteiger partial charge in [0.15, 0.2) is 17.2 Å². The number of rotatable bonds is 3. The van der Waals surface area contributed by atoms with E-state index in [0.717, 1.165) is 5.69 Å². The Morgan fingerprint density at radius 1 is 1.04 bits per heavy atom. The number of hydrogen-bond donors (Lipinski definition) is 1. The van der Waals surface area contributed by atoms with Crippen LogP contribution in [0.5, 0.6) is 0 Å². The second-order valence-corrected chi connectivity index (χ2v) is 5.17. The molecule has 25 heavy (non-hydrogen) atoms. The highest BCUT2D eigenvalue weighted by Gasteiger charge is 2.21. The fourth-order valence-corrected chi connectivity index (χ4v) is 2.57. The molecule has 4 rings (SSSR count). The van der Waals surface area contributed by atoms with E-state index in [1.54, 1.807) is 12.1 Å². The van der Waals surface area contributed by atoms with Gasteiger partial charge in [-0.3, -0.25) is 0 Å². The van der Waals surface area contributed by atoms with Gasteiger partial charge in [-0.1, -0.05) is 18.2 Å². The lowest BCUT2D eigenvalue weighted by atomic mass is 10.2. The Hall–Kier alpha value is -4.10. The first-order chi connectivity index (χ1) is 12.3. The van der Waals surface area contributed by atoms with E-state index in [4.69, 9.17) is 4.42 Å². The average Bonchev–Trinajstić information content (AvgIpc) is 3.29. The summed E-state index contributed by atoms with van der Waals surface area (Å²) in [6.07, 6.45) is 2.93. The molecule has 1 N–H and O–H groups in total. The molecule has 3 heterocycles. The van der Waals surface area contributed by atoms with Crippen molar-refractivity contribution in [1.29, 1.82) is 10.5 Å². The number of nitrogens with one attached hydrogen (secondary N) is 1. The zero-order valence-electron chi connectivity index (χ0n) is 12.8. The predicted octanol–water partition coefficient (Wildman–Crippen LogP) is 3.48. The van der Waals surface area contributed by atoms with Gasteiger partial charge in [-0.25, -0.2) is 9.50 Å². The molecule has 0 spiro atoms. The standard InChI is InChI=1S/C18H10N6O/c19-9-12-11-21-18-14(10-20)17(22-13-5-2-1-3-6-13)23-24(18)16(12)15-7-4-8-25-15/h1-8,11H,(H,22,23). The molecule has 0 aliphatic heterocycles. The van der Waals surface area contributed by atoms with Crippen molar-refractivity contribution in [3.8, 4) is 23.6 Å². The number of anilines is 2. The maximum atomic E-state index is 9.56. The summed E-state index contributed by atoms with van der Waals surface area (Å²) in [5.74, 6) is 0.839. The van der Waals surface area contributed by atoms with Crippen LogP contribution in [0.25, 0.3) is 17.1 Å². The van der Waals surface area contributed by atoms with Crippen LogP contribution in [-0.2, 0) is 0 Å². The number of aromatic nitrogens is 3. The maximum Gasteiger partial charge on any atom is 0.176 e. The highest BCUT2D eigenvalue weighted by molar-refractivity contribution is 5.75. The van der Waals surface area contributed by atoms with E-state index in [0.29, 0.717) is 34.0 Å². The van der Waals surface area contributed by atoms with Crippen molar-refractivity contribution in [3.63, 3.8) is 0 Å². The summed E-state index contributed by atoms with van der Waals surface area (Å²) >= 11 is 0. The molecule has 0 aliphatic carbocycles. The zero-order chi connectivity index (χ0) is 17.2. The molecule has 1 aromatic carbocycles. The highest BCUT2D eigenvalue weighted by Crippen LogP contribution is 2.29. The van der Waals surface area contributed by atoms with Crippen molar-refractivity contribution in [3.05, 3.63) is 66.1 Å². The van der Waals surface area contributed by atoms with Crippen LogP contribution in [0.2, 0.25) is 0 Å². The molecule has 0 aliphatic rings. The van der Waals surface area contributed by atoms with Gasteiger partial charge in [-0.15, -0.1) is 5.10 Å². The minimum absolute atomic E-state index is 0.293. The van der Waals surface area contributed by atoms with Gasteiger partial charge >= 0.3 is 0 Å². The summed E-state index contributed by atoms with van der Waals surface area (Å²) in [5.41, 5.74) is 2.20. The van der Waals surface area contributed by atoms with E-state index in [9.17, 15) is 10.5 Å². The van der Waals surface area contributed by atoms with E-state index < -0.39 is 0 Å². The van der Waals surface area contributed by atoms with E-state index in [1.807, 2.05) is 30.3 Å². The van der Waals surface area contributed by atoms with Crippen LogP contribution in [0.3, 0.4) is 0 Å². The van der Waals surface area contributed by atoms with Crippen molar-refractivity contribution in [2.75, 3.05) is 5.32 Å². The van der Waals surface area contributed by atoms with Gasteiger partial charge in [0.2, 0.25) is 0 Å². The molecule has 7 heteroatoms. The van der Waals surface area contributed by atoms with Crippen molar-refractivity contribution in [1.82, 2.24) is 14.6 Å². The monoisotopic (exact) mass is 326 g/mol. The normalized spacial score (nSPS) is 10.3. The number of para-hydroxylation sites is 1. The summed E-state index contributed by atoms with van der Waals surface area (Å²) < 4.78 is 6.89. The Bertz CT molecular complexity index is 1130. The molecule has 0 bridgehead atoms. The number of furan rings is 1. The lowest BCUT2D eigenvalue weighted by Gasteiger charge is -2.03. The Morgan fingerprint density at radius 2 is 1.88 bits per heavy atom. The molecule has 3 aromatic heterocycles. The topological polar surface area (TPSA) is 103 Å². The lowest BCUT2D eigenvalue weighted by molar-refractivity contribution is 0.577. The first-order valence-corrected chi connectivity index (χ1v) is 7.39. The van der Waals surface area contributed by atoms with E-state index in [1.165, 1.54) is 17.0 Å². The first-order valence-electron chi connectivity index (χ1n) is 7.39. The number of benzene rings is 1. The van der Waals surface area contributed by atoms with Gasteiger partial charge in [0, 0.05) is 11.9 Å². The second-order valence-electron chi connectivity index (χ2n) is 5.17. The SMILES string of the molecule is N#Cc1cnc2c(C#N)c(Nc3ccccc3)nn2c1-c1ccco1. The quantitative estimate of drug-likeness (QED) is 0.618. The van der Waals surface area contributed by atoms with Gasteiger partial charge < -0.3 is 9.73 Å². The van der Waals surface area contributed by atoms with Gasteiger partial charge in [0.1, 0.15) is 23.4 Å². The van der Waals surface area contributed by atoms with Gasteiger partial charge in [-0.2, -0.15) is 10.5 Å². The molecular formula is C18H10N6O. The highest BCUT2D eigenvalue weighted by atomic mass is 16.3. The Balaban J connectivity index is 1.97. The van der Waals surface area contributed by atoms with E-state index >= 15 is 0 Å². The first kappa shape index (κ1) is 14.5. The van der Waals surface area contributed by atoms with Crippen LogP contribution < -0.4 is 5.32 Å². The maximum absolute atomic E-state index is 9.56. The molecule has 7 nitrogen and oxygen atoms in total. The zero-order valence-corrected chi connectivity index (χ0v) is 12.8. The Labute approximate surface area is 142 Å². The smallest absolute Gasteiger partial charge is 0.176 e. The molecule has 118 valence electrons. The van der Waals surface area contributed by atoms with Gasteiger partial charge in [0.05, 0.1) is 11.8 Å². The summed E-state index contributed by atoms with van der Waals surface area (Å²) in [6, 6.07) is 17.1. The minimum Gasteiger partial charge on any atom is -0.463 e. The number of nitriles is 2. The van der Waals surface area contributed by atoms with Gasteiger partial charge in [0.25, 0.3) is 0 Å². The summed E-state index contributed by atoms with van der Waals surface area (Å²) in [4.78, 5) is 4.23. The van der Waals surface area contributed by atoms with E-state index in [-0.39, 0.29) is 0 Å². The van der Waals surface area contributed by atoms with E-state index in [2.05, 4.69) is 27.5 Å². The molecule has 0 saturated carbocycles. The fourth-order valence-electron chi connectivity index (χ4n) is 2.57. The molecular weight excluding hydrogens is 316 g/mol. The summed E-state index contributed by atoms with van der Waals surface area (Å²) in [5, 5.41) is 26.5. The van der Waals surface area contributed by atoms with Gasteiger partial charge in [-0.05, 0) is 24.3 Å². The molecule has 0 fully saturated rings. The summed E-state index contributed by atoms with van der Waals surface area (Å²) in [6.45, 7) is 0. The number of hydrogen-bond acceptors (Lipinski definition) is 6. The fraction of sp³-hybridized carbons (Fsp3) is 0. The molecule has 0 saturated heterocycles. The predicted molar refractivity (Wildman–Crippen MR) is 89.8 cm³/mol. The number of fused-ring (bicyclic) bond motifs is 1. The van der Waals surface area contributed by atoms with Crippen LogP contribution in [0.1, 0.15) is 11.1 Å². The average molecular weight is 326 g/mol. The van der Waals surface area contributed by atoms with Crippen molar-refractivity contribution >= 4 is 17.2 Å². The van der Waals surface area contributed by atoms with Crippen LogP contribution in [0.4, 0.5) is 11.5 Å². The van der Waals surface area contributed by atoms with Crippen molar-refractivity contribution in [2.45, 2.75) is 0 Å². The summed E-state index contributed by atoms with van der Waals surface area (Å²) in [7, 11) is 0. The molecule has 4 aromatic rings. The lowest BCUT2D eigenvalue weighted by Crippen LogP contribution is -1.99. The Kier molecular flexibility index (Phi) is 3.38. The third kappa shape index (κ3) is 2.37. The molecule has 0 atom stereocenters. The van der Waals surface area contributed by atoms with Crippen LogP contribution >= 0.6 is 0 Å². The van der Waals surface area contributed by atoms with Crippen LogP contribution in [0, 0.1) is 22.7 Å². The largest absolute Gasteiger partial charge is 0.463 e. The van der Waals surface area contributed by atoms with Crippen LogP contribution in [-0.4, -0.2) is 14.6 Å². The van der Waals surface area contributed by atoms with Crippen molar-refractivity contribution < 1.29 is 4.42 Å². The molecule has 0 amide bonds. The minimum atomic E-state index is 0.293. The molecule has 0 radical (unpaired) electrons. The Morgan fingerprint density at radius 3 is 2.56 bits per heavy atom. The third-order valence-corrected chi connectivity index (χ3v) is 3.67. The van der Waals surface area contributed by atoms with Crippen LogP contribution in [0.15, 0.2) is 59.3 Å². The number of nitrogens with zero attached hydrogens (tertiary/aromatic N) is 5. The third-order valence-electron chi connectivity index (χ3n) is 3.67. The van der Waals surface area contributed by atoms with Crippen molar-refractivity contribution in [2.24, 2.45) is 0 Å². The second kappa shape index (κ2) is 5.84. The molecule has 0 unspecified atom stereocenters.